The van der Waals surface area contributed by atoms with Crippen molar-refractivity contribution in [2.24, 2.45) is 4.99 Å². The van der Waals surface area contributed by atoms with Crippen molar-refractivity contribution in [2.45, 2.75) is 6.42 Å². The van der Waals surface area contributed by atoms with Gasteiger partial charge in [-0.15, -0.1) is 5.10 Å². The van der Waals surface area contributed by atoms with E-state index in [0.29, 0.717) is 17.1 Å². The monoisotopic (exact) mass is 303 g/mol. The minimum Gasteiger partial charge on any atom is -0.478 e. The Morgan fingerprint density at radius 3 is 2.90 bits per heavy atom. The fourth-order valence-corrected chi connectivity index (χ4v) is 2.19. The van der Waals surface area contributed by atoms with Crippen molar-refractivity contribution in [3.63, 3.8) is 0 Å². The molecule has 0 atom stereocenters. The highest BCUT2D eigenvalue weighted by Gasteiger charge is 2.24. The number of halogens is 1. The summed E-state index contributed by atoms with van der Waals surface area (Å²) in [6.07, 6.45) is 2.76. The second-order valence-electron chi connectivity index (χ2n) is 4.40. The average molecular weight is 304 g/mol. The molecule has 2 heterocycles. The average Bonchev–Trinajstić information content (AvgIpc) is 2.83. The molecular formula is C14H10ClN3O3. The van der Waals surface area contributed by atoms with Crippen molar-refractivity contribution >= 4 is 40.1 Å². The Hall–Kier alpha value is -2.47. The molecule has 1 aliphatic rings. The smallest absolute Gasteiger partial charge is 0.259 e. The van der Waals surface area contributed by atoms with E-state index in [1.54, 1.807) is 16.8 Å². The standard InChI is InChI=1S/C14H10ClN3O3/c1-21-14-13(10-4-2-3-5-18(10)17-14)16-9-6-8(15)11(19)7-12(9)20/h2-6H,7H2,1H3. The van der Waals surface area contributed by atoms with Crippen LogP contribution in [-0.4, -0.2) is 34.0 Å². The summed E-state index contributed by atoms with van der Waals surface area (Å²) in [5.41, 5.74) is 1.24. The van der Waals surface area contributed by atoms with Gasteiger partial charge in [-0.25, -0.2) is 9.51 Å². The lowest BCUT2D eigenvalue weighted by Crippen LogP contribution is -2.22. The van der Waals surface area contributed by atoms with Crippen LogP contribution in [0.3, 0.4) is 0 Å². The highest BCUT2D eigenvalue weighted by Crippen LogP contribution is 2.32. The number of carbonyl (C=O) groups excluding carboxylic acids is 2. The Balaban J connectivity index is 2.19. The summed E-state index contributed by atoms with van der Waals surface area (Å²) in [6, 6.07) is 5.45. The molecule has 21 heavy (non-hydrogen) atoms. The van der Waals surface area contributed by atoms with E-state index in [2.05, 4.69) is 10.1 Å². The number of fused-ring (bicyclic) bond motifs is 1. The van der Waals surface area contributed by atoms with Crippen LogP contribution in [0.25, 0.3) is 5.52 Å². The molecule has 0 bridgehead atoms. The molecule has 2 aromatic rings. The molecule has 0 fully saturated rings. The quantitative estimate of drug-likeness (QED) is 0.796. The van der Waals surface area contributed by atoms with E-state index in [1.165, 1.54) is 13.2 Å². The van der Waals surface area contributed by atoms with Crippen molar-refractivity contribution < 1.29 is 14.3 Å². The molecular weight excluding hydrogens is 294 g/mol. The van der Waals surface area contributed by atoms with Crippen molar-refractivity contribution in [1.29, 1.82) is 0 Å². The molecule has 0 saturated heterocycles. The van der Waals surface area contributed by atoms with Crippen molar-refractivity contribution in [3.8, 4) is 5.88 Å². The van der Waals surface area contributed by atoms with Gasteiger partial charge in [0.05, 0.1) is 24.1 Å². The van der Waals surface area contributed by atoms with Gasteiger partial charge in [0.25, 0.3) is 5.88 Å². The van der Waals surface area contributed by atoms with Gasteiger partial charge in [0.1, 0.15) is 5.71 Å². The molecule has 1 aliphatic carbocycles. The summed E-state index contributed by atoms with van der Waals surface area (Å²) < 4.78 is 6.78. The first-order chi connectivity index (χ1) is 10.1. The zero-order chi connectivity index (χ0) is 15.0. The zero-order valence-corrected chi connectivity index (χ0v) is 11.8. The first kappa shape index (κ1) is 13.5. The van der Waals surface area contributed by atoms with Crippen LogP contribution in [0.4, 0.5) is 5.69 Å². The molecule has 0 N–H and O–H groups in total. The van der Waals surface area contributed by atoms with Crippen LogP contribution < -0.4 is 4.74 Å². The van der Waals surface area contributed by atoms with Gasteiger partial charge in [0.2, 0.25) is 0 Å². The third kappa shape index (κ3) is 2.34. The summed E-state index contributed by atoms with van der Waals surface area (Å²) in [4.78, 5) is 27.5. The normalized spacial score (nSPS) is 17.4. The number of rotatable bonds is 2. The van der Waals surface area contributed by atoms with Crippen LogP contribution in [0.5, 0.6) is 5.88 Å². The van der Waals surface area contributed by atoms with E-state index in [4.69, 9.17) is 16.3 Å². The van der Waals surface area contributed by atoms with E-state index in [1.807, 2.05) is 12.1 Å². The van der Waals surface area contributed by atoms with Gasteiger partial charge in [-0.2, -0.15) is 0 Å². The second-order valence-corrected chi connectivity index (χ2v) is 4.81. The Labute approximate surface area is 124 Å². The topological polar surface area (TPSA) is 73.0 Å². The van der Waals surface area contributed by atoms with Gasteiger partial charge in [0, 0.05) is 6.20 Å². The van der Waals surface area contributed by atoms with Gasteiger partial charge >= 0.3 is 0 Å². The molecule has 0 unspecified atom stereocenters. The molecule has 3 rings (SSSR count). The highest BCUT2D eigenvalue weighted by molar-refractivity contribution is 6.57. The van der Waals surface area contributed by atoms with Crippen LogP contribution in [0.1, 0.15) is 6.42 Å². The minimum absolute atomic E-state index is 0.00351. The fraction of sp³-hybridized carbons (Fsp3) is 0.143. The molecule has 0 spiro atoms. The Bertz CT molecular complexity index is 820. The molecule has 2 aromatic heterocycles. The van der Waals surface area contributed by atoms with Crippen LogP contribution in [-0.2, 0) is 9.59 Å². The Morgan fingerprint density at radius 2 is 2.14 bits per heavy atom. The predicted molar refractivity (Wildman–Crippen MR) is 77.4 cm³/mol. The zero-order valence-electron chi connectivity index (χ0n) is 11.0. The molecule has 0 aromatic carbocycles. The van der Waals surface area contributed by atoms with Crippen molar-refractivity contribution in [1.82, 2.24) is 9.61 Å². The molecule has 0 amide bonds. The van der Waals surface area contributed by atoms with Gasteiger partial charge in [0.15, 0.2) is 17.3 Å². The van der Waals surface area contributed by atoms with Crippen LogP contribution in [0, 0.1) is 0 Å². The van der Waals surface area contributed by atoms with E-state index >= 15 is 0 Å². The predicted octanol–water partition coefficient (Wildman–Crippen LogP) is 2.08. The van der Waals surface area contributed by atoms with E-state index in [9.17, 15) is 9.59 Å². The maximum Gasteiger partial charge on any atom is 0.259 e. The Kier molecular flexibility index (Phi) is 3.31. The minimum atomic E-state index is -0.396. The number of carbonyl (C=O) groups is 2. The summed E-state index contributed by atoms with van der Waals surface area (Å²) in [5.74, 6) is -0.475. The first-order valence-electron chi connectivity index (χ1n) is 6.14. The number of allylic oxidation sites excluding steroid dienone is 2. The lowest BCUT2D eigenvalue weighted by Gasteiger charge is -2.07. The van der Waals surface area contributed by atoms with Gasteiger partial charge in [-0.1, -0.05) is 17.7 Å². The lowest BCUT2D eigenvalue weighted by atomic mass is 10.0. The number of pyridine rings is 1. The number of Topliss-reactive ketones (excluding diaryl/α,β-unsaturated/α-hetero) is 2. The fourth-order valence-electron chi connectivity index (χ4n) is 2.02. The molecule has 0 aliphatic heterocycles. The highest BCUT2D eigenvalue weighted by atomic mass is 35.5. The first-order valence-corrected chi connectivity index (χ1v) is 6.51. The number of hydrogen-bond donors (Lipinski definition) is 0. The van der Waals surface area contributed by atoms with Crippen molar-refractivity contribution in [3.05, 3.63) is 35.5 Å². The van der Waals surface area contributed by atoms with Crippen LogP contribution in [0.2, 0.25) is 0 Å². The Morgan fingerprint density at radius 1 is 1.33 bits per heavy atom. The number of ketones is 2. The van der Waals surface area contributed by atoms with E-state index < -0.39 is 5.78 Å². The summed E-state index contributed by atoms with van der Waals surface area (Å²) in [7, 11) is 1.47. The number of hydrogen-bond acceptors (Lipinski definition) is 5. The molecule has 106 valence electrons. The maximum atomic E-state index is 11.9. The van der Waals surface area contributed by atoms with E-state index in [0.717, 1.165) is 0 Å². The number of aliphatic imine (C=N–C) groups is 1. The van der Waals surface area contributed by atoms with Crippen LogP contribution >= 0.6 is 11.6 Å². The lowest BCUT2D eigenvalue weighted by molar-refractivity contribution is -0.121. The van der Waals surface area contributed by atoms with E-state index in [-0.39, 0.29) is 22.9 Å². The SMILES string of the molecule is COc1nn2ccccc2c1N=C1C=C(Cl)C(=O)CC1=O. The second kappa shape index (κ2) is 5.14. The number of ether oxygens (including phenoxy) is 1. The van der Waals surface area contributed by atoms with Crippen LogP contribution in [0.15, 0.2) is 40.5 Å². The summed E-state index contributed by atoms with van der Waals surface area (Å²) >= 11 is 5.79. The third-order valence-electron chi connectivity index (χ3n) is 3.05. The number of aromatic nitrogens is 2. The summed E-state index contributed by atoms with van der Waals surface area (Å²) in [6.45, 7) is 0. The summed E-state index contributed by atoms with van der Waals surface area (Å²) in [5, 5.41) is 4.21. The molecule has 0 radical (unpaired) electrons. The molecule has 0 saturated carbocycles. The number of nitrogens with zero attached hydrogens (tertiary/aromatic N) is 3. The maximum absolute atomic E-state index is 11.9. The van der Waals surface area contributed by atoms with Crippen molar-refractivity contribution in [2.75, 3.05) is 7.11 Å². The molecule has 6 nitrogen and oxygen atoms in total. The largest absolute Gasteiger partial charge is 0.478 e. The number of methoxy groups -OCH3 is 1. The third-order valence-corrected chi connectivity index (χ3v) is 3.37. The van der Waals surface area contributed by atoms with Gasteiger partial charge in [-0.05, 0) is 18.2 Å². The van der Waals surface area contributed by atoms with Gasteiger partial charge in [-0.3, -0.25) is 9.59 Å². The van der Waals surface area contributed by atoms with Gasteiger partial charge < -0.3 is 4.74 Å². The molecule has 7 heteroatoms.